The van der Waals surface area contributed by atoms with Gasteiger partial charge in [-0.05, 0) is 60.9 Å². The van der Waals surface area contributed by atoms with Crippen LogP contribution in [0.2, 0.25) is 15.1 Å². The summed E-state index contributed by atoms with van der Waals surface area (Å²) in [7, 11) is 0. The van der Waals surface area contributed by atoms with Crippen molar-refractivity contribution in [1.29, 1.82) is 0 Å². The lowest BCUT2D eigenvalue weighted by Gasteiger charge is -2.15. The third kappa shape index (κ3) is 6.88. The molecule has 4 amide bonds. The first-order valence-electron chi connectivity index (χ1n) is 12.5. The van der Waals surface area contributed by atoms with E-state index in [1.165, 1.54) is 6.08 Å². The molecule has 0 unspecified atom stereocenters. The molecule has 4 rings (SSSR count). The van der Waals surface area contributed by atoms with Crippen LogP contribution in [0.5, 0.6) is 11.5 Å². The van der Waals surface area contributed by atoms with E-state index < -0.39 is 24.4 Å². The molecule has 1 aliphatic rings. The molecule has 1 fully saturated rings. The third-order valence-electron chi connectivity index (χ3n) is 5.97. The van der Waals surface area contributed by atoms with Crippen LogP contribution in [-0.4, -0.2) is 35.9 Å². The molecule has 0 aliphatic carbocycles. The molecule has 2 N–H and O–H groups in total. The summed E-state index contributed by atoms with van der Waals surface area (Å²) in [4.78, 5) is 39.0. The number of amides is 4. The zero-order valence-corrected chi connectivity index (χ0v) is 24.0. The van der Waals surface area contributed by atoms with Gasteiger partial charge in [0.05, 0.1) is 11.6 Å². The summed E-state index contributed by atoms with van der Waals surface area (Å²) < 4.78 is 11.7. The minimum absolute atomic E-state index is 0.00751. The van der Waals surface area contributed by atoms with Gasteiger partial charge in [-0.2, -0.15) is 0 Å². The van der Waals surface area contributed by atoms with Gasteiger partial charge in [-0.3, -0.25) is 9.59 Å². The second-order valence-corrected chi connectivity index (χ2v) is 9.98. The molecular formula is C29H26Cl3N3O5. The Bertz CT molecular complexity index is 1490. The molecule has 1 heterocycles. The largest absolute Gasteiger partial charge is 0.490 e. The predicted octanol–water partition coefficient (Wildman–Crippen LogP) is 6.72. The van der Waals surface area contributed by atoms with Gasteiger partial charge in [0.25, 0.3) is 5.91 Å². The molecule has 0 saturated carbocycles. The predicted molar refractivity (Wildman–Crippen MR) is 156 cm³/mol. The van der Waals surface area contributed by atoms with E-state index in [0.717, 1.165) is 16.9 Å². The van der Waals surface area contributed by atoms with Crippen LogP contribution in [0.4, 0.5) is 10.5 Å². The molecule has 8 nitrogen and oxygen atoms in total. The zero-order chi connectivity index (χ0) is 28.8. The Morgan fingerprint density at radius 1 is 0.975 bits per heavy atom. The fraction of sp³-hybridized carbons (Fsp3) is 0.207. The van der Waals surface area contributed by atoms with Crippen LogP contribution < -0.4 is 20.1 Å². The molecular weight excluding hydrogens is 577 g/mol. The Kier molecular flexibility index (Phi) is 9.58. The highest BCUT2D eigenvalue weighted by atomic mass is 35.5. The van der Waals surface area contributed by atoms with Crippen LogP contribution in [0.25, 0.3) is 6.08 Å². The van der Waals surface area contributed by atoms with Crippen molar-refractivity contribution in [2.45, 2.75) is 26.9 Å². The van der Waals surface area contributed by atoms with Crippen LogP contribution in [-0.2, 0) is 22.6 Å². The highest BCUT2D eigenvalue weighted by Crippen LogP contribution is 2.38. The molecule has 0 atom stereocenters. The van der Waals surface area contributed by atoms with Gasteiger partial charge in [0, 0.05) is 21.3 Å². The first-order chi connectivity index (χ1) is 19.2. The number of benzene rings is 3. The molecule has 1 saturated heterocycles. The third-order valence-corrected chi connectivity index (χ3v) is 6.83. The number of rotatable bonds is 10. The number of urea groups is 1. The number of halogens is 3. The number of anilines is 1. The van der Waals surface area contributed by atoms with Crippen LogP contribution in [0.15, 0.2) is 60.3 Å². The summed E-state index contributed by atoms with van der Waals surface area (Å²) in [5, 5.41) is 6.46. The number of nitrogens with one attached hydrogen (secondary N) is 2. The molecule has 0 spiro atoms. The maximum Gasteiger partial charge on any atom is 0.329 e. The maximum atomic E-state index is 13.0. The van der Waals surface area contributed by atoms with Crippen molar-refractivity contribution in [3.63, 3.8) is 0 Å². The topological polar surface area (TPSA) is 97.0 Å². The van der Waals surface area contributed by atoms with Crippen LogP contribution in [0, 0.1) is 0 Å². The molecule has 1 aliphatic heterocycles. The minimum atomic E-state index is -0.703. The van der Waals surface area contributed by atoms with Gasteiger partial charge < -0.3 is 20.1 Å². The van der Waals surface area contributed by atoms with Crippen LogP contribution in [0.3, 0.4) is 0 Å². The van der Waals surface area contributed by atoms with Crippen molar-refractivity contribution < 1.29 is 23.9 Å². The van der Waals surface area contributed by atoms with Crippen molar-refractivity contribution in [3.05, 3.63) is 92.1 Å². The number of hydrogen-bond donors (Lipinski definition) is 2. The van der Waals surface area contributed by atoms with Crippen molar-refractivity contribution in [3.8, 4) is 11.5 Å². The zero-order valence-electron chi connectivity index (χ0n) is 21.7. The van der Waals surface area contributed by atoms with E-state index >= 15 is 0 Å². The average Bonchev–Trinajstić information content (AvgIpc) is 3.16. The maximum absolute atomic E-state index is 13.0. The molecule has 0 radical (unpaired) electrons. The molecule has 3 aromatic carbocycles. The SMILES string of the molecule is CCOc1cc(/C=C2/NC(=O)N(CC(=O)Nc3ccccc3CC)C2=O)cc(Cl)c1OCc1ccc(Cl)cc1Cl. The number of carbonyl (C=O) groups is 3. The van der Waals surface area contributed by atoms with Crippen molar-refractivity contribution in [2.24, 2.45) is 0 Å². The van der Waals surface area contributed by atoms with Gasteiger partial charge in [0.1, 0.15) is 18.8 Å². The molecule has 3 aromatic rings. The van der Waals surface area contributed by atoms with Crippen LogP contribution >= 0.6 is 34.8 Å². The van der Waals surface area contributed by atoms with Crippen molar-refractivity contribution in [2.75, 3.05) is 18.5 Å². The van der Waals surface area contributed by atoms with Gasteiger partial charge in [-0.15, -0.1) is 0 Å². The summed E-state index contributed by atoms with van der Waals surface area (Å²) in [6, 6.07) is 14.9. The van der Waals surface area contributed by atoms with Gasteiger partial charge in [0.15, 0.2) is 11.5 Å². The van der Waals surface area contributed by atoms with Gasteiger partial charge in [-0.25, -0.2) is 9.69 Å². The Hall–Kier alpha value is -3.72. The van der Waals surface area contributed by atoms with E-state index in [-0.39, 0.29) is 17.3 Å². The molecule has 0 aromatic heterocycles. The second-order valence-electron chi connectivity index (χ2n) is 8.73. The van der Waals surface area contributed by atoms with Crippen molar-refractivity contribution >= 4 is 64.4 Å². The fourth-order valence-electron chi connectivity index (χ4n) is 4.03. The summed E-state index contributed by atoms with van der Waals surface area (Å²) in [5.74, 6) is -0.496. The lowest BCUT2D eigenvalue weighted by Crippen LogP contribution is -2.38. The fourth-order valence-corrected chi connectivity index (χ4v) is 4.77. The second kappa shape index (κ2) is 13.1. The van der Waals surface area contributed by atoms with E-state index in [1.807, 2.05) is 19.1 Å². The Morgan fingerprint density at radius 3 is 2.48 bits per heavy atom. The first kappa shape index (κ1) is 29.3. The van der Waals surface area contributed by atoms with E-state index in [0.29, 0.717) is 45.0 Å². The lowest BCUT2D eigenvalue weighted by atomic mass is 10.1. The van der Waals surface area contributed by atoms with Gasteiger partial charge >= 0.3 is 6.03 Å². The Morgan fingerprint density at radius 2 is 1.75 bits per heavy atom. The standard InChI is InChI=1S/C29H26Cl3N3O5/c1-3-18-7-5-6-8-23(18)33-26(36)15-35-28(37)24(34-29(35)38)12-17-11-22(32)27(25(13-17)39-4-2)40-16-19-9-10-20(30)14-21(19)31/h5-14H,3-4,15-16H2,1-2H3,(H,33,36)(H,34,38)/b24-12+. The Balaban J connectivity index is 1.50. The lowest BCUT2D eigenvalue weighted by molar-refractivity contribution is -0.127. The summed E-state index contributed by atoms with van der Waals surface area (Å²) in [6.45, 7) is 3.78. The average molecular weight is 603 g/mol. The van der Waals surface area contributed by atoms with Crippen molar-refractivity contribution in [1.82, 2.24) is 10.2 Å². The number of nitrogens with zero attached hydrogens (tertiary/aromatic N) is 1. The summed E-state index contributed by atoms with van der Waals surface area (Å²) in [5.41, 5.74) is 2.76. The first-order valence-corrected chi connectivity index (χ1v) is 13.6. The van der Waals surface area contributed by atoms with E-state index in [2.05, 4.69) is 10.6 Å². The highest BCUT2D eigenvalue weighted by molar-refractivity contribution is 6.35. The smallest absolute Gasteiger partial charge is 0.329 e. The molecule has 208 valence electrons. The molecule has 40 heavy (non-hydrogen) atoms. The number of para-hydroxylation sites is 1. The number of carbonyl (C=O) groups excluding carboxylic acids is 3. The molecule has 0 bridgehead atoms. The number of aryl methyl sites for hydroxylation is 1. The van der Waals surface area contributed by atoms with E-state index in [9.17, 15) is 14.4 Å². The highest BCUT2D eigenvalue weighted by Gasteiger charge is 2.35. The number of hydrogen-bond acceptors (Lipinski definition) is 5. The normalized spacial score (nSPS) is 13.9. The quantitative estimate of drug-likeness (QED) is 0.198. The van der Waals surface area contributed by atoms with E-state index in [4.69, 9.17) is 44.3 Å². The van der Waals surface area contributed by atoms with Crippen LogP contribution in [0.1, 0.15) is 30.5 Å². The molecule has 11 heteroatoms. The monoisotopic (exact) mass is 601 g/mol. The minimum Gasteiger partial charge on any atom is -0.490 e. The number of imide groups is 1. The van der Waals surface area contributed by atoms with Gasteiger partial charge in [-0.1, -0.05) is 66.0 Å². The summed E-state index contributed by atoms with van der Waals surface area (Å²) in [6.07, 6.45) is 2.18. The number of ether oxygens (including phenoxy) is 2. The van der Waals surface area contributed by atoms with E-state index in [1.54, 1.807) is 49.4 Å². The Labute approximate surface area is 246 Å². The summed E-state index contributed by atoms with van der Waals surface area (Å²) >= 11 is 18.7. The van der Waals surface area contributed by atoms with Gasteiger partial charge in [0.2, 0.25) is 5.91 Å².